The van der Waals surface area contributed by atoms with E-state index in [-0.39, 0.29) is 48.4 Å². The number of benzene rings is 2. The van der Waals surface area contributed by atoms with Gasteiger partial charge in [0.25, 0.3) is 5.91 Å². The molecular formula is C28H21ClF2I2N6O4. The van der Waals surface area contributed by atoms with Gasteiger partial charge in [-0.05, 0) is 37.1 Å². The molecule has 222 valence electrons. The Labute approximate surface area is 277 Å². The van der Waals surface area contributed by atoms with E-state index in [4.69, 9.17) is 16.3 Å². The van der Waals surface area contributed by atoms with Crippen molar-refractivity contribution in [1.82, 2.24) is 15.3 Å². The van der Waals surface area contributed by atoms with Crippen LogP contribution >= 0.6 is 56.8 Å². The summed E-state index contributed by atoms with van der Waals surface area (Å²) in [7, 11) is 0. The van der Waals surface area contributed by atoms with Gasteiger partial charge in [0, 0.05) is 35.3 Å². The van der Waals surface area contributed by atoms with Crippen molar-refractivity contribution in [2.75, 3.05) is 16.4 Å². The quantitative estimate of drug-likeness (QED) is 0.242. The van der Waals surface area contributed by atoms with Crippen LogP contribution in [0.25, 0.3) is 0 Å². The zero-order chi connectivity index (χ0) is 30.9. The minimum absolute atomic E-state index is 0.0462. The highest BCUT2D eigenvalue weighted by molar-refractivity contribution is 14.2. The highest BCUT2D eigenvalue weighted by Gasteiger charge is 2.46. The van der Waals surface area contributed by atoms with Crippen LogP contribution in [0, 0.1) is 23.0 Å². The first-order valence-corrected chi connectivity index (χ1v) is 15.4. The fourth-order valence-electron chi connectivity index (χ4n) is 4.95. The molecule has 5 rings (SSSR count). The summed E-state index contributed by atoms with van der Waals surface area (Å²) in [5, 5.41) is 12.4. The Morgan fingerprint density at radius 1 is 1.19 bits per heavy atom. The van der Waals surface area contributed by atoms with Crippen LogP contribution in [0.3, 0.4) is 0 Å². The van der Waals surface area contributed by atoms with Gasteiger partial charge in [-0.3, -0.25) is 14.5 Å². The van der Waals surface area contributed by atoms with E-state index in [2.05, 4.69) is 60.5 Å². The molecule has 3 aromatic rings. The number of amides is 3. The Kier molecular flexibility index (Phi) is 9.32. The number of alkyl halides is 2. The van der Waals surface area contributed by atoms with Gasteiger partial charge in [-0.1, -0.05) is 75.0 Å². The van der Waals surface area contributed by atoms with Crippen molar-refractivity contribution in [2.45, 2.75) is 38.8 Å². The molecule has 2 atom stereocenters. The van der Waals surface area contributed by atoms with Crippen molar-refractivity contribution >= 4 is 86.3 Å². The number of nitrogens with one attached hydrogen (secondary N) is 1. The summed E-state index contributed by atoms with van der Waals surface area (Å²) in [4.78, 5) is 51.6. The van der Waals surface area contributed by atoms with Gasteiger partial charge in [0.2, 0.25) is 11.9 Å². The van der Waals surface area contributed by atoms with Gasteiger partial charge in [0.05, 0.1) is 13.7 Å². The molecule has 3 amide bonds. The van der Waals surface area contributed by atoms with Crippen LogP contribution in [0.5, 0.6) is 0 Å². The number of anilines is 2. The van der Waals surface area contributed by atoms with E-state index in [1.165, 1.54) is 24.4 Å². The third kappa shape index (κ3) is 6.83. The van der Waals surface area contributed by atoms with Crippen LogP contribution in [0.15, 0.2) is 54.7 Å². The average Bonchev–Trinajstić information content (AvgIpc) is 2.94. The summed E-state index contributed by atoms with van der Waals surface area (Å²) in [6, 6.07) is 8.87. The van der Waals surface area contributed by atoms with Crippen LogP contribution < -0.4 is 15.1 Å². The van der Waals surface area contributed by atoms with Crippen molar-refractivity contribution < 1.29 is 27.9 Å². The second-order valence-electron chi connectivity index (χ2n) is 9.87. The molecule has 1 aliphatic heterocycles. The summed E-state index contributed by atoms with van der Waals surface area (Å²) in [6.45, 7) is -0.173. The number of hydrogen-bond donors (Lipinski definition) is 1. The number of ether oxygens (including phenoxy) is 1. The molecule has 10 nitrogen and oxygen atoms in total. The van der Waals surface area contributed by atoms with Gasteiger partial charge in [0.15, 0.2) is 0 Å². The molecule has 2 heterocycles. The maximum absolute atomic E-state index is 14.6. The lowest BCUT2D eigenvalue weighted by atomic mass is 9.92. The van der Waals surface area contributed by atoms with Crippen LogP contribution in [0.2, 0.25) is 5.02 Å². The van der Waals surface area contributed by atoms with Gasteiger partial charge in [-0.25, -0.2) is 28.4 Å². The molecule has 1 saturated heterocycles. The maximum Gasteiger partial charge on any atom is 0.417 e. The predicted molar refractivity (Wildman–Crippen MR) is 169 cm³/mol. The lowest BCUT2D eigenvalue weighted by Crippen LogP contribution is -2.58. The molecule has 0 radical (unpaired) electrons. The molecule has 1 saturated carbocycles. The topological polar surface area (TPSA) is 129 Å². The van der Waals surface area contributed by atoms with Crippen LogP contribution in [-0.4, -0.2) is 48.0 Å². The normalized spacial score (nSPS) is 18.6. The Hall–Kier alpha value is -3.17. The van der Waals surface area contributed by atoms with E-state index in [0.717, 1.165) is 21.9 Å². The molecule has 1 aromatic heterocycles. The summed E-state index contributed by atoms with van der Waals surface area (Å²) in [6.07, 6.45) is 1.51. The Balaban J connectivity index is 1.65. The SMILES string of the molecule is N#Cc1ccnc(N2C(=O)OCC[C@H]2C(=O)N(c2cc(F)cc(F)c2)[C@H](C(=O)NC2CC(I)(I)C2)c2ccccc2Cl)n1. The lowest BCUT2D eigenvalue weighted by molar-refractivity contribution is -0.128. The van der Waals surface area contributed by atoms with Crippen molar-refractivity contribution in [2.24, 2.45) is 0 Å². The van der Waals surface area contributed by atoms with E-state index in [0.29, 0.717) is 18.9 Å². The van der Waals surface area contributed by atoms with Crippen LogP contribution in [-0.2, 0) is 14.3 Å². The molecule has 15 heteroatoms. The van der Waals surface area contributed by atoms with Crippen molar-refractivity contribution in [3.05, 3.63) is 82.6 Å². The van der Waals surface area contributed by atoms with Crippen molar-refractivity contribution in [3.8, 4) is 6.07 Å². The molecule has 0 unspecified atom stereocenters. The maximum atomic E-state index is 14.6. The van der Waals surface area contributed by atoms with Gasteiger partial charge < -0.3 is 10.1 Å². The molecule has 2 aromatic carbocycles. The van der Waals surface area contributed by atoms with E-state index < -0.39 is 41.6 Å². The van der Waals surface area contributed by atoms with E-state index >= 15 is 0 Å². The van der Waals surface area contributed by atoms with E-state index in [1.54, 1.807) is 12.1 Å². The van der Waals surface area contributed by atoms with Gasteiger partial charge in [0.1, 0.15) is 35.5 Å². The molecule has 0 spiro atoms. The monoisotopic (exact) mass is 832 g/mol. The summed E-state index contributed by atoms with van der Waals surface area (Å²) < 4.78 is 34.4. The van der Waals surface area contributed by atoms with Gasteiger partial charge in [-0.2, -0.15) is 5.26 Å². The van der Waals surface area contributed by atoms with E-state index in [1.807, 2.05) is 6.07 Å². The number of aromatic nitrogens is 2. The lowest BCUT2D eigenvalue weighted by Gasteiger charge is -2.42. The number of hydrogen-bond acceptors (Lipinski definition) is 7. The first-order valence-electron chi connectivity index (χ1n) is 12.9. The standard InChI is InChI=1S/C28H21ClF2I2N6O4/c29-21-4-2-1-3-20(21)23(24(40)36-18-12-28(32,33)13-18)38(19-10-15(30)9-16(31)11-19)25(41)22-6-8-43-27(42)39(22)26-35-7-5-17(14-34)37-26/h1-5,7,9-11,18,22-23H,6,8,12-13H2,(H,36,40)/t22-,23-/m0/s1. The highest BCUT2D eigenvalue weighted by Crippen LogP contribution is 2.47. The number of carbonyl (C=O) groups excluding carboxylic acids is 3. The fourth-order valence-corrected chi connectivity index (χ4v) is 7.31. The van der Waals surface area contributed by atoms with Crippen LogP contribution in [0.1, 0.15) is 36.6 Å². The largest absolute Gasteiger partial charge is 0.449 e. The van der Waals surface area contributed by atoms with Crippen molar-refractivity contribution in [1.29, 1.82) is 5.26 Å². The fraction of sp³-hybridized carbons (Fsp3) is 0.286. The first kappa shape index (κ1) is 31.3. The summed E-state index contributed by atoms with van der Waals surface area (Å²) >= 11 is 11.1. The third-order valence-corrected chi connectivity index (χ3v) is 8.99. The minimum atomic E-state index is -1.49. The zero-order valence-electron chi connectivity index (χ0n) is 22.0. The molecule has 0 bridgehead atoms. The Morgan fingerprint density at radius 3 is 2.53 bits per heavy atom. The molecular weight excluding hydrogens is 812 g/mol. The second-order valence-corrected chi connectivity index (χ2v) is 16.5. The number of carbonyl (C=O) groups is 3. The molecule has 43 heavy (non-hydrogen) atoms. The van der Waals surface area contributed by atoms with Crippen molar-refractivity contribution in [3.63, 3.8) is 0 Å². The second kappa shape index (κ2) is 12.8. The number of nitriles is 1. The average molecular weight is 833 g/mol. The molecule has 2 aliphatic rings. The molecule has 1 N–H and O–H groups in total. The van der Waals surface area contributed by atoms with E-state index in [9.17, 15) is 28.4 Å². The summed E-state index contributed by atoms with van der Waals surface area (Å²) in [5.74, 6) is -3.78. The number of rotatable bonds is 7. The van der Waals surface area contributed by atoms with Gasteiger partial charge >= 0.3 is 6.09 Å². The zero-order valence-corrected chi connectivity index (χ0v) is 27.1. The number of nitrogens with zero attached hydrogens (tertiary/aromatic N) is 5. The smallest absolute Gasteiger partial charge is 0.417 e. The Bertz CT molecular complexity index is 1610. The summed E-state index contributed by atoms with van der Waals surface area (Å²) in [5.41, 5.74) is -0.158. The Morgan fingerprint density at radius 2 is 1.88 bits per heavy atom. The van der Waals surface area contributed by atoms with Gasteiger partial charge in [-0.15, -0.1) is 0 Å². The number of halogens is 5. The van der Waals surface area contributed by atoms with Crippen LogP contribution in [0.4, 0.5) is 25.2 Å². The highest BCUT2D eigenvalue weighted by atomic mass is 127. The predicted octanol–water partition coefficient (Wildman–Crippen LogP) is 5.61. The molecule has 1 aliphatic carbocycles. The first-order chi connectivity index (χ1) is 20.5. The molecule has 2 fully saturated rings. The third-order valence-electron chi connectivity index (χ3n) is 6.89. The minimum Gasteiger partial charge on any atom is -0.449 e. The number of cyclic esters (lactones) is 1.